The Hall–Kier alpha value is -2.68. The lowest BCUT2D eigenvalue weighted by Gasteiger charge is -2.05. The van der Waals surface area contributed by atoms with E-state index < -0.39 is 0 Å². The average molecular weight is 287 g/mol. The fourth-order valence-electron chi connectivity index (χ4n) is 3.19. The van der Waals surface area contributed by atoms with Crippen molar-refractivity contribution in [3.63, 3.8) is 0 Å². The Morgan fingerprint density at radius 1 is 0.864 bits per heavy atom. The van der Waals surface area contributed by atoms with Crippen LogP contribution in [-0.4, -0.2) is 15.0 Å². The van der Waals surface area contributed by atoms with E-state index in [1.807, 2.05) is 6.92 Å². The third kappa shape index (κ3) is 2.06. The van der Waals surface area contributed by atoms with Crippen LogP contribution in [0, 0.1) is 13.8 Å². The molecule has 2 aromatic carbocycles. The predicted molar refractivity (Wildman–Crippen MR) is 90.1 cm³/mol. The Bertz CT molecular complexity index is 968. The van der Waals surface area contributed by atoms with Crippen LogP contribution in [0.2, 0.25) is 0 Å². The molecule has 0 atom stereocenters. The summed E-state index contributed by atoms with van der Waals surface area (Å²) in [6.45, 7) is 3.99. The number of aryl methyl sites for hydroxylation is 2. The van der Waals surface area contributed by atoms with E-state index in [1.54, 1.807) is 0 Å². The summed E-state index contributed by atoms with van der Waals surface area (Å²) in [5, 5.41) is 2.39. The van der Waals surface area contributed by atoms with Crippen molar-refractivity contribution in [3.05, 3.63) is 71.2 Å². The molecule has 108 valence electrons. The van der Waals surface area contributed by atoms with E-state index in [4.69, 9.17) is 0 Å². The largest absolute Gasteiger partial charge is 0.339 e. The van der Waals surface area contributed by atoms with Gasteiger partial charge in [0.05, 0.1) is 5.69 Å². The average Bonchev–Trinajstić information content (AvgIpc) is 2.87. The molecule has 0 radical (unpaired) electrons. The number of fused-ring (bicyclic) bond motifs is 3. The molecule has 0 aliphatic rings. The van der Waals surface area contributed by atoms with Gasteiger partial charge in [-0.1, -0.05) is 42.5 Å². The molecule has 22 heavy (non-hydrogen) atoms. The van der Waals surface area contributed by atoms with Gasteiger partial charge in [0.1, 0.15) is 11.5 Å². The zero-order chi connectivity index (χ0) is 15.1. The molecule has 0 saturated carbocycles. The molecule has 0 amide bonds. The molecule has 0 saturated heterocycles. The van der Waals surface area contributed by atoms with Gasteiger partial charge in [0.2, 0.25) is 0 Å². The fraction of sp³-hybridized carbons (Fsp3) is 0.158. The smallest absolute Gasteiger partial charge is 0.142 e. The normalized spacial score (nSPS) is 11.4. The van der Waals surface area contributed by atoms with Crippen LogP contribution in [0.5, 0.6) is 0 Å². The summed E-state index contributed by atoms with van der Waals surface area (Å²) in [5.41, 5.74) is 5.72. The maximum absolute atomic E-state index is 4.56. The summed E-state index contributed by atoms with van der Waals surface area (Å²) >= 11 is 0. The van der Waals surface area contributed by atoms with Crippen LogP contribution < -0.4 is 0 Å². The summed E-state index contributed by atoms with van der Waals surface area (Å²) in [6.07, 6.45) is 0.915. The van der Waals surface area contributed by atoms with Crippen molar-refractivity contribution < 1.29 is 0 Å². The highest BCUT2D eigenvalue weighted by molar-refractivity contribution is 6.08. The predicted octanol–water partition coefficient (Wildman–Crippen LogP) is 4.32. The van der Waals surface area contributed by atoms with Crippen LogP contribution in [0.4, 0.5) is 0 Å². The number of aromatic nitrogens is 3. The van der Waals surface area contributed by atoms with Crippen molar-refractivity contribution in [2.45, 2.75) is 20.3 Å². The summed E-state index contributed by atoms with van der Waals surface area (Å²) < 4.78 is 0. The third-order valence-electron chi connectivity index (χ3n) is 4.09. The minimum Gasteiger partial charge on any atom is -0.339 e. The maximum Gasteiger partial charge on any atom is 0.142 e. The van der Waals surface area contributed by atoms with Gasteiger partial charge in [0.25, 0.3) is 0 Å². The minimum atomic E-state index is 0.807. The molecule has 0 aliphatic heterocycles. The minimum absolute atomic E-state index is 0.807. The standard InChI is InChI=1S/C19H17N3/c1-12-17-18-15(11-14-7-4-3-5-8-14)9-6-10-16(18)22-19(17)21-13(2)20-12/h3-10H,11H2,1-2H3,(H,20,21,22). The Morgan fingerprint density at radius 2 is 1.68 bits per heavy atom. The van der Waals surface area contributed by atoms with Crippen LogP contribution in [0.1, 0.15) is 22.6 Å². The van der Waals surface area contributed by atoms with Crippen molar-refractivity contribution in [1.82, 2.24) is 15.0 Å². The molecule has 3 nitrogen and oxygen atoms in total. The number of hydrogen-bond donors (Lipinski definition) is 1. The van der Waals surface area contributed by atoms with E-state index in [2.05, 4.69) is 70.4 Å². The van der Waals surface area contributed by atoms with E-state index in [0.29, 0.717) is 0 Å². The molecular weight excluding hydrogens is 270 g/mol. The van der Waals surface area contributed by atoms with Crippen LogP contribution in [-0.2, 0) is 6.42 Å². The lowest BCUT2D eigenvalue weighted by Crippen LogP contribution is -1.93. The molecule has 4 rings (SSSR count). The first kappa shape index (κ1) is 13.0. The number of benzene rings is 2. The molecule has 3 heteroatoms. The lowest BCUT2D eigenvalue weighted by atomic mass is 9.99. The molecule has 0 bridgehead atoms. The van der Waals surface area contributed by atoms with Crippen LogP contribution in [0.3, 0.4) is 0 Å². The highest BCUT2D eigenvalue weighted by atomic mass is 14.9. The van der Waals surface area contributed by atoms with Crippen molar-refractivity contribution in [3.8, 4) is 0 Å². The summed E-state index contributed by atoms with van der Waals surface area (Å²) in [4.78, 5) is 12.5. The van der Waals surface area contributed by atoms with E-state index in [0.717, 1.165) is 34.5 Å². The Balaban J connectivity index is 1.99. The fourth-order valence-corrected chi connectivity index (χ4v) is 3.19. The van der Waals surface area contributed by atoms with Crippen molar-refractivity contribution in [1.29, 1.82) is 0 Å². The zero-order valence-electron chi connectivity index (χ0n) is 12.7. The maximum atomic E-state index is 4.56. The van der Waals surface area contributed by atoms with Gasteiger partial charge in [0.15, 0.2) is 0 Å². The first-order valence-corrected chi connectivity index (χ1v) is 7.51. The summed E-state index contributed by atoms with van der Waals surface area (Å²) in [6, 6.07) is 17.0. The molecule has 4 aromatic rings. The second-order valence-electron chi connectivity index (χ2n) is 5.71. The monoisotopic (exact) mass is 287 g/mol. The van der Waals surface area contributed by atoms with Gasteiger partial charge in [-0.05, 0) is 37.5 Å². The molecule has 2 aromatic heterocycles. The first-order chi connectivity index (χ1) is 10.7. The Kier molecular flexibility index (Phi) is 2.93. The van der Waals surface area contributed by atoms with Gasteiger partial charge in [0, 0.05) is 16.3 Å². The topological polar surface area (TPSA) is 41.6 Å². The van der Waals surface area contributed by atoms with Gasteiger partial charge >= 0.3 is 0 Å². The van der Waals surface area contributed by atoms with Crippen molar-refractivity contribution in [2.24, 2.45) is 0 Å². The molecule has 2 heterocycles. The van der Waals surface area contributed by atoms with E-state index in [1.165, 1.54) is 16.5 Å². The number of H-pyrrole nitrogens is 1. The zero-order valence-corrected chi connectivity index (χ0v) is 12.7. The van der Waals surface area contributed by atoms with E-state index >= 15 is 0 Å². The lowest BCUT2D eigenvalue weighted by molar-refractivity contribution is 1.04. The highest BCUT2D eigenvalue weighted by Gasteiger charge is 2.13. The molecule has 1 N–H and O–H groups in total. The SMILES string of the molecule is Cc1nc(C)c2c(n1)[nH]c1cccc(Cc3ccccc3)c12. The molecule has 0 spiro atoms. The Labute approximate surface area is 129 Å². The van der Waals surface area contributed by atoms with Gasteiger partial charge < -0.3 is 4.98 Å². The number of rotatable bonds is 2. The summed E-state index contributed by atoms with van der Waals surface area (Å²) in [5.74, 6) is 0.807. The first-order valence-electron chi connectivity index (χ1n) is 7.51. The second kappa shape index (κ2) is 4.95. The summed E-state index contributed by atoms with van der Waals surface area (Å²) in [7, 11) is 0. The number of hydrogen-bond acceptors (Lipinski definition) is 2. The molecule has 0 aliphatic carbocycles. The van der Waals surface area contributed by atoms with Gasteiger partial charge in [-0.15, -0.1) is 0 Å². The molecular formula is C19H17N3. The number of nitrogens with one attached hydrogen (secondary N) is 1. The van der Waals surface area contributed by atoms with Gasteiger partial charge in [-0.2, -0.15) is 0 Å². The van der Waals surface area contributed by atoms with Crippen LogP contribution >= 0.6 is 0 Å². The molecule has 0 fully saturated rings. The van der Waals surface area contributed by atoms with E-state index in [-0.39, 0.29) is 0 Å². The second-order valence-corrected chi connectivity index (χ2v) is 5.71. The number of nitrogens with zero attached hydrogens (tertiary/aromatic N) is 2. The van der Waals surface area contributed by atoms with Crippen molar-refractivity contribution >= 4 is 21.9 Å². The van der Waals surface area contributed by atoms with E-state index in [9.17, 15) is 0 Å². The molecule has 0 unspecified atom stereocenters. The number of aromatic amines is 1. The van der Waals surface area contributed by atoms with Gasteiger partial charge in [-0.3, -0.25) is 0 Å². The van der Waals surface area contributed by atoms with Crippen LogP contribution in [0.15, 0.2) is 48.5 Å². The third-order valence-corrected chi connectivity index (χ3v) is 4.09. The van der Waals surface area contributed by atoms with Crippen molar-refractivity contribution in [2.75, 3.05) is 0 Å². The quantitative estimate of drug-likeness (QED) is 0.596. The Morgan fingerprint density at radius 3 is 2.50 bits per heavy atom. The van der Waals surface area contributed by atoms with Crippen LogP contribution in [0.25, 0.3) is 21.9 Å². The highest BCUT2D eigenvalue weighted by Crippen LogP contribution is 2.30. The van der Waals surface area contributed by atoms with Gasteiger partial charge in [-0.25, -0.2) is 9.97 Å².